The molecule has 36 heavy (non-hydrogen) atoms. The minimum Gasteiger partial charge on any atom is -0.478 e. The summed E-state index contributed by atoms with van der Waals surface area (Å²) < 4.78 is 0. The second-order valence-corrected chi connectivity index (χ2v) is 10.2. The zero-order valence-electron chi connectivity index (χ0n) is 19.3. The lowest BCUT2D eigenvalue weighted by Crippen LogP contribution is -2.20. The molecule has 0 bridgehead atoms. The summed E-state index contributed by atoms with van der Waals surface area (Å²) in [4.78, 5) is 33.2. The molecule has 1 aromatic heterocycles. The number of pyridine rings is 1. The van der Waals surface area contributed by atoms with Crippen LogP contribution in [-0.4, -0.2) is 28.4 Å². The van der Waals surface area contributed by atoms with E-state index in [1.807, 2.05) is 60.7 Å². The third-order valence-electron chi connectivity index (χ3n) is 6.01. The molecule has 3 aromatic carbocycles. The van der Waals surface area contributed by atoms with E-state index in [0.717, 1.165) is 22.8 Å². The van der Waals surface area contributed by atoms with E-state index in [1.54, 1.807) is 24.4 Å². The van der Waals surface area contributed by atoms with Crippen molar-refractivity contribution in [3.05, 3.63) is 113 Å². The quantitative estimate of drug-likeness (QED) is 0.235. The number of aromatic carboxylic acids is 1. The Bertz CT molecular complexity index is 1390. The van der Waals surface area contributed by atoms with E-state index in [1.165, 1.54) is 30.7 Å². The third-order valence-corrected chi connectivity index (χ3v) is 7.35. The fourth-order valence-electron chi connectivity index (χ4n) is 3.91. The van der Waals surface area contributed by atoms with Crippen LogP contribution in [0.2, 0.25) is 5.02 Å². The number of rotatable bonds is 9. The Morgan fingerprint density at radius 1 is 0.944 bits per heavy atom. The van der Waals surface area contributed by atoms with Gasteiger partial charge in [0.1, 0.15) is 5.69 Å². The minimum absolute atomic E-state index is 0.0877. The molecule has 1 heterocycles. The lowest BCUT2D eigenvalue weighted by atomic mass is 10.0. The van der Waals surface area contributed by atoms with E-state index >= 15 is 0 Å². The van der Waals surface area contributed by atoms with E-state index in [4.69, 9.17) is 11.6 Å². The lowest BCUT2D eigenvalue weighted by molar-refractivity contribution is 0.0693. The molecular formula is C29H23ClN2O3S. The van der Waals surface area contributed by atoms with Crippen molar-refractivity contribution in [2.45, 2.75) is 22.6 Å². The van der Waals surface area contributed by atoms with Crippen molar-refractivity contribution < 1.29 is 14.7 Å². The molecular weight excluding hydrogens is 492 g/mol. The summed E-state index contributed by atoms with van der Waals surface area (Å²) in [5.41, 5.74) is 2.55. The standard InChI is InChI=1S/C29H23ClN2O3S/c30-21-9-11-22(12-10-21)32(18-19-6-7-19)23-13-14-26(31-17-23)28(33)20-8-15-27(25(16-20)29(34)35)36-24-4-2-1-3-5-24/h1-5,8-17,19H,6-7,18H2,(H,34,35). The molecule has 0 aliphatic heterocycles. The van der Waals surface area contributed by atoms with Crippen LogP contribution in [0.4, 0.5) is 11.4 Å². The van der Waals surface area contributed by atoms with Gasteiger partial charge < -0.3 is 10.0 Å². The minimum atomic E-state index is -1.08. The van der Waals surface area contributed by atoms with Crippen LogP contribution in [0.3, 0.4) is 0 Å². The monoisotopic (exact) mass is 514 g/mol. The Labute approximate surface area is 218 Å². The summed E-state index contributed by atoms with van der Waals surface area (Å²) in [6.07, 6.45) is 4.11. The van der Waals surface area contributed by atoms with Crippen LogP contribution in [0.15, 0.2) is 101 Å². The third kappa shape index (κ3) is 5.61. The molecule has 0 spiro atoms. The summed E-state index contributed by atoms with van der Waals surface area (Å²) in [6, 6.07) is 25.6. The molecule has 0 unspecified atom stereocenters. The second kappa shape index (κ2) is 10.6. The lowest BCUT2D eigenvalue weighted by Gasteiger charge is -2.25. The highest BCUT2D eigenvalue weighted by Gasteiger charge is 2.26. The largest absolute Gasteiger partial charge is 0.478 e. The summed E-state index contributed by atoms with van der Waals surface area (Å²) in [5, 5.41) is 10.4. The van der Waals surface area contributed by atoms with Gasteiger partial charge in [0.25, 0.3) is 0 Å². The predicted octanol–water partition coefficient (Wildman–Crippen LogP) is 7.36. The average molecular weight is 515 g/mol. The zero-order chi connectivity index (χ0) is 25.1. The number of hydrogen-bond acceptors (Lipinski definition) is 5. The van der Waals surface area contributed by atoms with Gasteiger partial charge in [-0.05, 0) is 85.5 Å². The van der Waals surface area contributed by atoms with Gasteiger partial charge >= 0.3 is 5.97 Å². The van der Waals surface area contributed by atoms with Gasteiger partial charge in [0.15, 0.2) is 0 Å². The Kier molecular flexibility index (Phi) is 7.07. The maximum absolute atomic E-state index is 13.2. The number of ketones is 1. The number of anilines is 2. The molecule has 1 aliphatic carbocycles. The van der Waals surface area contributed by atoms with Gasteiger partial charge in [-0.15, -0.1) is 0 Å². The number of carbonyl (C=O) groups is 2. The number of nitrogens with zero attached hydrogens (tertiary/aromatic N) is 2. The maximum atomic E-state index is 13.2. The zero-order valence-corrected chi connectivity index (χ0v) is 20.9. The molecule has 0 saturated heterocycles. The first kappa shape index (κ1) is 24.1. The van der Waals surface area contributed by atoms with E-state index in [0.29, 0.717) is 15.8 Å². The van der Waals surface area contributed by atoms with E-state index in [2.05, 4.69) is 9.88 Å². The Hall–Kier alpha value is -3.61. The molecule has 1 fully saturated rings. The van der Waals surface area contributed by atoms with Gasteiger partial charge in [0.05, 0.1) is 17.4 Å². The number of carboxylic acid groups (broad SMARTS) is 1. The summed E-state index contributed by atoms with van der Waals surface area (Å²) in [6.45, 7) is 0.874. The first-order valence-corrected chi connectivity index (χ1v) is 12.8. The highest BCUT2D eigenvalue weighted by atomic mass is 35.5. The fourth-order valence-corrected chi connectivity index (χ4v) is 4.98. The van der Waals surface area contributed by atoms with Crippen LogP contribution in [0.25, 0.3) is 0 Å². The van der Waals surface area contributed by atoms with E-state index < -0.39 is 5.97 Å². The normalized spacial score (nSPS) is 12.8. The van der Waals surface area contributed by atoms with Crippen molar-refractivity contribution in [1.29, 1.82) is 0 Å². The highest BCUT2D eigenvalue weighted by Crippen LogP contribution is 2.36. The SMILES string of the molecule is O=C(c1ccc(Sc2ccccc2)c(C(=O)O)c1)c1ccc(N(CC2CC2)c2ccc(Cl)cc2)cn1. The predicted molar refractivity (Wildman–Crippen MR) is 143 cm³/mol. The molecule has 0 amide bonds. The molecule has 180 valence electrons. The molecule has 7 heteroatoms. The molecule has 0 atom stereocenters. The van der Waals surface area contributed by atoms with Crippen molar-refractivity contribution in [2.75, 3.05) is 11.4 Å². The highest BCUT2D eigenvalue weighted by molar-refractivity contribution is 7.99. The molecule has 1 aliphatic rings. The molecule has 1 N–H and O–H groups in total. The number of carbonyl (C=O) groups excluding carboxylic acids is 1. The van der Waals surface area contributed by atoms with E-state index in [-0.39, 0.29) is 22.6 Å². The van der Waals surface area contributed by atoms with Crippen LogP contribution in [-0.2, 0) is 0 Å². The van der Waals surface area contributed by atoms with Crippen molar-refractivity contribution in [3.8, 4) is 0 Å². The molecule has 4 aromatic rings. The number of aromatic nitrogens is 1. The molecule has 5 nitrogen and oxygen atoms in total. The Morgan fingerprint density at radius 3 is 2.31 bits per heavy atom. The fraction of sp³-hybridized carbons (Fsp3) is 0.138. The van der Waals surface area contributed by atoms with Crippen molar-refractivity contribution >= 4 is 46.5 Å². The van der Waals surface area contributed by atoms with E-state index in [9.17, 15) is 14.7 Å². The van der Waals surface area contributed by atoms with Gasteiger partial charge in [-0.2, -0.15) is 0 Å². The molecule has 1 saturated carbocycles. The number of halogens is 1. The Balaban J connectivity index is 1.39. The summed E-state index contributed by atoms with van der Waals surface area (Å²) in [5.74, 6) is -0.755. The van der Waals surface area contributed by atoms with Crippen molar-refractivity contribution in [1.82, 2.24) is 4.98 Å². The van der Waals surface area contributed by atoms with Crippen LogP contribution < -0.4 is 4.90 Å². The maximum Gasteiger partial charge on any atom is 0.336 e. The van der Waals surface area contributed by atoms with Crippen molar-refractivity contribution in [2.24, 2.45) is 5.92 Å². The Morgan fingerprint density at radius 2 is 1.67 bits per heavy atom. The first-order chi connectivity index (χ1) is 17.5. The number of hydrogen-bond donors (Lipinski definition) is 1. The summed E-state index contributed by atoms with van der Waals surface area (Å²) in [7, 11) is 0. The van der Waals surface area contributed by atoms with Gasteiger partial charge in [-0.25, -0.2) is 4.79 Å². The summed E-state index contributed by atoms with van der Waals surface area (Å²) >= 11 is 7.42. The second-order valence-electron chi connectivity index (χ2n) is 8.69. The van der Waals surface area contributed by atoms with Gasteiger partial charge in [-0.1, -0.05) is 41.6 Å². The van der Waals surface area contributed by atoms with Crippen LogP contribution >= 0.6 is 23.4 Å². The number of benzene rings is 3. The van der Waals surface area contributed by atoms with Gasteiger partial charge in [0, 0.05) is 32.6 Å². The van der Waals surface area contributed by atoms with Gasteiger partial charge in [0.2, 0.25) is 5.78 Å². The topological polar surface area (TPSA) is 70.5 Å². The van der Waals surface area contributed by atoms with Crippen LogP contribution in [0.1, 0.15) is 39.3 Å². The van der Waals surface area contributed by atoms with Crippen molar-refractivity contribution in [3.63, 3.8) is 0 Å². The number of carboxylic acids is 1. The smallest absolute Gasteiger partial charge is 0.336 e. The average Bonchev–Trinajstić information content (AvgIpc) is 3.73. The van der Waals surface area contributed by atoms with Gasteiger partial charge in [-0.3, -0.25) is 9.78 Å². The first-order valence-electron chi connectivity index (χ1n) is 11.6. The molecule has 5 rings (SSSR count). The van der Waals surface area contributed by atoms with Crippen LogP contribution in [0.5, 0.6) is 0 Å². The molecule has 0 radical (unpaired) electrons. The van der Waals surface area contributed by atoms with Crippen LogP contribution in [0, 0.1) is 5.92 Å².